The fraction of sp³-hybridized carbons (Fsp3) is 0.594. The maximum absolute atomic E-state index is 14.0. The van der Waals surface area contributed by atoms with Crippen LogP contribution in [-0.2, 0) is 32.3 Å². The number of likely N-dealkylation sites (tertiary alicyclic amines) is 2. The van der Waals surface area contributed by atoms with Gasteiger partial charge in [0.1, 0.15) is 6.04 Å². The zero-order chi connectivity index (χ0) is 30.1. The van der Waals surface area contributed by atoms with Gasteiger partial charge in [-0.25, -0.2) is 0 Å². The molecular weight excluding hydrogens is 548 g/mol. The molecular formula is C32H42N6O5. The summed E-state index contributed by atoms with van der Waals surface area (Å²) < 4.78 is 7.84. The Bertz CT molecular complexity index is 1350. The number of hydrogen-bond acceptors (Lipinski definition) is 6. The molecule has 0 unspecified atom stereocenters. The van der Waals surface area contributed by atoms with Gasteiger partial charge >= 0.3 is 0 Å². The molecule has 1 aromatic carbocycles. The SMILES string of the molecule is CNC(=O)[C@@H](NC(=O)[C@H]1CN(C(=O)c2cnn(CC3CC3)c2)CC12CN(C(=O)CC1CC1)C2)[C@@H](C)OCc1ccccc1. The minimum atomic E-state index is -0.920. The first-order chi connectivity index (χ1) is 20.7. The first kappa shape index (κ1) is 29.3. The molecule has 2 saturated carbocycles. The molecule has 3 atom stereocenters. The summed E-state index contributed by atoms with van der Waals surface area (Å²) in [7, 11) is 1.53. The second kappa shape index (κ2) is 12.1. The van der Waals surface area contributed by atoms with E-state index in [1.54, 1.807) is 24.2 Å². The third-order valence-electron chi connectivity index (χ3n) is 9.45. The molecule has 2 aliphatic heterocycles. The number of nitrogens with zero attached hydrogens (tertiary/aromatic N) is 4. The zero-order valence-corrected chi connectivity index (χ0v) is 25.0. The molecule has 0 radical (unpaired) electrons. The van der Waals surface area contributed by atoms with Crippen molar-refractivity contribution < 1.29 is 23.9 Å². The molecule has 2 N–H and O–H groups in total. The van der Waals surface area contributed by atoms with Crippen molar-refractivity contribution in [2.45, 2.75) is 64.3 Å². The van der Waals surface area contributed by atoms with Gasteiger partial charge < -0.3 is 25.2 Å². The van der Waals surface area contributed by atoms with E-state index in [1.807, 2.05) is 39.9 Å². The average Bonchev–Trinajstić information content (AvgIpc) is 3.90. The van der Waals surface area contributed by atoms with E-state index in [1.165, 1.54) is 19.9 Å². The quantitative estimate of drug-likeness (QED) is 0.389. The normalized spacial score (nSPS) is 22.1. The van der Waals surface area contributed by atoms with Gasteiger partial charge in [-0.3, -0.25) is 23.9 Å². The Kier molecular flexibility index (Phi) is 8.26. The van der Waals surface area contributed by atoms with Gasteiger partial charge in [-0.1, -0.05) is 30.3 Å². The summed E-state index contributed by atoms with van der Waals surface area (Å²) in [5.74, 6) is -0.178. The van der Waals surface area contributed by atoms with Crippen molar-refractivity contribution in [1.29, 1.82) is 0 Å². The Morgan fingerprint density at radius 3 is 2.40 bits per heavy atom. The van der Waals surface area contributed by atoms with Gasteiger partial charge in [0.15, 0.2) is 0 Å². The highest BCUT2D eigenvalue weighted by molar-refractivity contribution is 5.95. The number of aromatic nitrogens is 2. The lowest BCUT2D eigenvalue weighted by atomic mass is 9.71. The predicted molar refractivity (Wildman–Crippen MR) is 157 cm³/mol. The van der Waals surface area contributed by atoms with Crippen LogP contribution in [0.3, 0.4) is 0 Å². The van der Waals surface area contributed by atoms with E-state index < -0.39 is 23.5 Å². The van der Waals surface area contributed by atoms with Gasteiger partial charge in [-0.15, -0.1) is 0 Å². The molecule has 11 nitrogen and oxygen atoms in total. The smallest absolute Gasteiger partial charge is 0.257 e. The minimum Gasteiger partial charge on any atom is -0.371 e. The standard InChI is InChI=1S/C32H42N6O5/c1-21(43-17-24-6-4-3-5-7-24)28(30(41)33-2)35-29(40)26-16-36(31(42)25-13-34-38(15-25)14-23-10-11-23)18-32(26)19-37(20-32)27(39)12-22-8-9-22/h3-7,13,15,21-23,26,28H,8-12,14,16-20H2,1-2H3,(H,33,41)(H,35,40)/t21-,26-,28+/m1/s1. The van der Waals surface area contributed by atoms with Gasteiger partial charge in [-0.05, 0) is 50.0 Å². The number of benzene rings is 1. The van der Waals surface area contributed by atoms with Crippen molar-refractivity contribution in [3.8, 4) is 0 Å². The number of nitrogens with one attached hydrogen (secondary N) is 2. The molecule has 6 rings (SSSR count). The van der Waals surface area contributed by atoms with Crippen LogP contribution in [-0.4, -0.2) is 88.6 Å². The number of likely N-dealkylation sites (N-methyl/N-ethyl adjacent to an activating group) is 1. The fourth-order valence-electron chi connectivity index (χ4n) is 6.42. The van der Waals surface area contributed by atoms with Crippen LogP contribution in [0.2, 0.25) is 0 Å². The molecule has 4 amide bonds. The number of hydrogen-bond donors (Lipinski definition) is 2. The Hall–Kier alpha value is -3.73. The Morgan fingerprint density at radius 1 is 1.02 bits per heavy atom. The highest BCUT2D eigenvalue weighted by Crippen LogP contribution is 2.46. The summed E-state index contributed by atoms with van der Waals surface area (Å²) in [6.07, 6.45) is 7.91. The van der Waals surface area contributed by atoms with Gasteiger partial charge in [0, 0.05) is 57.8 Å². The van der Waals surface area contributed by atoms with Crippen LogP contribution >= 0.6 is 0 Å². The first-order valence-electron chi connectivity index (χ1n) is 15.5. The predicted octanol–water partition coefficient (Wildman–Crippen LogP) is 1.83. The van der Waals surface area contributed by atoms with Crippen molar-refractivity contribution in [2.75, 3.05) is 33.2 Å². The maximum atomic E-state index is 14.0. The van der Waals surface area contributed by atoms with Gasteiger partial charge in [0.25, 0.3) is 5.91 Å². The van der Waals surface area contributed by atoms with Crippen LogP contribution in [0.5, 0.6) is 0 Å². The molecule has 230 valence electrons. The lowest BCUT2D eigenvalue weighted by molar-refractivity contribution is -0.151. The molecule has 1 aromatic heterocycles. The van der Waals surface area contributed by atoms with Gasteiger partial charge in [0.05, 0.1) is 30.4 Å². The van der Waals surface area contributed by atoms with Crippen molar-refractivity contribution in [2.24, 2.45) is 23.2 Å². The van der Waals surface area contributed by atoms with E-state index in [0.717, 1.165) is 24.9 Å². The Morgan fingerprint density at radius 2 is 1.72 bits per heavy atom. The highest BCUT2D eigenvalue weighted by atomic mass is 16.5. The fourth-order valence-corrected chi connectivity index (χ4v) is 6.42. The second-order valence-electron chi connectivity index (χ2n) is 13.0. The summed E-state index contributed by atoms with van der Waals surface area (Å²) in [5.41, 5.74) is 0.903. The largest absolute Gasteiger partial charge is 0.371 e. The summed E-state index contributed by atoms with van der Waals surface area (Å²) in [4.78, 5) is 56.9. The molecule has 0 bridgehead atoms. The zero-order valence-electron chi connectivity index (χ0n) is 25.0. The van der Waals surface area contributed by atoms with E-state index in [-0.39, 0.29) is 30.2 Å². The molecule has 1 spiro atoms. The van der Waals surface area contributed by atoms with Crippen LogP contribution in [0.15, 0.2) is 42.7 Å². The topological polar surface area (TPSA) is 126 Å². The van der Waals surface area contributed by atoms with Crippen molar-refractivity contribution >= 4 is 23.6 Å². The molecule has 4 fully saturated rings. The third kappa shape index (κ3) is 6.61. The first-order valence-corrected chi connectivity index (χ1v) is 15.5. The second-order valence-corrected chi connectivity index (χ2v) is 13.0. The van der Waals surface area contributed by atoms with Crippen molar-refractivity contribution in [3.63, 3.8) is 0 Å². The molecule has 2 saturated heterocycles. The molecule has 3 heterocycles. The van der Waals surface area contributed by atoms with E-state index in [4.69, 9.17) is 4.74 Å². The summed E-state index contributed by atoms with van der Waals surface area (Å²) in [6.45, 7) is 4.31. The minimum absolute atomic E-state index is 0.115. The van der Waals surface area contributed by atoms with E-state index in [9.17, 15) is 19.2 Å². The van der Waals surface area contributed by atoms with Crippen LogP contribution in [0.25, 0.3) is 0 Å². The van der Waals surface area contributed by atoms with E-state index in [0.29, 0.717) is 50.1 Å². The number of amides is 4. The van der Waals surface area contributed by atoms with Crippen LogP contribution in [0.1, 0.15) is 54.9 Å². The Labute approximate surface area is 252 Å². The summed E-state index contributed by atoms with van der Waals surface area (Å²) >= 11 is 0. The molecule has 2 aromatic rings. The van der Waals surface area contributed by atoms with Crippen LogP contribution < -0.4 is 10.6 Å². The van der Waals surface area contributed by atoms with Crippen LogP contribution in [0, 0.1) is 23.2 Å². The number of ether oxygens (including phenoxy) is 1. The lowest BCUT2D eigenvalue weighted by Crippen LogP contribution is -2.65. The van der Waals surface area contributed by atoms with Crippen LogP contribution in [0.4, 0.5) is 0 Å². The average molecular weight is 591 g/mol. The van der Waals surface area contributed by atoms with Crippen molar-refractivity contribution in [3.05, 3.63) is 53.9 Å². The summed E-state index contributed by atoms with van der Waals surface area (Å²) in [5, 5.41) is 9.98. The number of rotatable bonds is 12. The van der Waals surface area contributed by atoms with E-state index >= 15 is 0 Å². The molecule has 11 heteroatoms. The van der Waals surface area contributed by atoms with Gasteiger partial charge in [0.2, 0.25) is 17.7 Å². The summed E-state index contributed by atoms with van der Waals surface area (Å²) in [6, 6.07) is 8.73. The van der Waals surface area contributed by atoms with E-state index in [2.05, 4.69) is 15.7 Å². The number of carbonyl (C=O) groups is 4. The van der Waals surface area contributed by atoms with Gasteiger partial charge in [-0.2, -0.15) is 5.10 Å². The molecule has 2 aliphatic carbocycles. The lowest BCUT2D eigenvalue weighted by Gasteiger charge is -2.50. The Balaban J connectivity index is 1.16. The molecule has 4 aliphatic rings. The maximum Gasteiger partial charge on any atom is 0.257 e. The highest BCUT2D eigenvalue weighted by Gasteiger charge is 2.59. The monoisotopic (exact) mass is 590 g/mol. The van der Waals surface area contributed by atoms with Crippen molar-refractivity contribution in [1.82, 2.24) is 30.2 Å². The number of carbonyl (C=O) groups excluding carboxylic acids is 4. The third-order valence-corrected chi connectivity index (χ3v) is 9.45. The molecule has 43 heavy (non-hydrogen) atoms.